The highest BCUT2D eigenvalue weighted by Gasteiger charge is 2.20. The molecule has 2 rings (SSSR count). The number of rotatable bonds is 0. The summed E-state index contributed by atoms with van der Waals surface area (Å²) in [6.45, 7) is 0. The molecule has 2 aliphatic rings. The third kappa shape index (κ3) is 1.96. The number of hydrogen-bond donors (Lipinski definition) is 1. The van der Waals surface area contributed by atoms with Gasteiger partial charge in [-0.1, -0.05) is 25.7 Å². The molecule has 0 radical (unpaired) electrons. The van der Waals surface area contributed by atoms with Crippen LogP contribution in [-0.2, 0) is 0 Å². The third-order valence-electron chi connectivity index (χ3n) is 3.18. The molecule has 0 spiro atoms. The number of hydrogen-bond acceptors (Lipinski definition) is 1. The second-order valence-corrected chi connectivity index (χ2v) is 4.13. The zero-order chi connectivity index (χ0) is 7.52. The van der Waals surface area contributed by atoms with Crippen molar-refractivity contribution in [2.75, 3.05) is 0 Å². The fraction of sp³-hybridized carbons (Fsp3) is 1.00. The van der Waals surface area contributed by atoms with Crippen LogP contribution in [0.4, 0.5) is 0 Å². The second-order valence-electron chi connectivity index (χ2n) is 4.13. The molecule has 0 unspecified atom stereocenters. The Morgan fingerprint density at radius 2 is 1.00 bits per heavy atom. The van der Waals surface area contributed by atoms with Crippen LogP contribution in [0.3, 0.4) is 0 Å². The minimum absolute atomic E-state index is 0.880. The summed E-state index contributed by atoms with van der Waals surface area (Å²) in [4.78, 5) is 0. The molecule has 64 valence electrons. The van der Waals surface area contributed by atoms with Crippen molar-refractivity contribution < 1.29 is 0 Å². The van der Waals surface area contributed by atoms with Crippen molar-refractivity contribution in [2.24, 2.45) is 0 Å². The summed E-state index contributed by atoms with van der Waals surface area (Å²) in [5.41, 5.74) is 0. The average molecular weight is 153 g/mol. The molecule has 2 fully saturated rings. The third-order valence-corrected chi connectivity index (χ3v) is 3.18. The quantitative estimate of drug-likeness (QED) is 0.563. The molecule has 2 bridgehead atoms. The highest BCUT2D eigenvalue weighted by atomic mass is 15.0. The molecular weight excluding hydrogens is 134 g/mol. The first-order valence-corrected chi connectivity index (χ1v) is 5.21. The normalized spacial score (nSPS) is 39.3. The van der Waals surface area contributed by atoms with E-state index in [4.69, 9.17) is 0 Å². The topological polar surface area (TPSA) is 12.0 Å². The van der Waals surface area contributed by atoms with Crippen LogP contribution in [0.5, 0.6) is 0 Å². The van der Waals surface area contributed by atoms with Crippen LogP contribution in [0.25, 0.3) is 0 Å². The summed E-state index contributed by atoms with van der Waals surface area (Å²) >= 11 is 0. The molecule has 1 N–H and O–H groups in total. The van der Waals surface area contributed by atoms with Crippen LogP contribution in [0.15, 0.2) is 0 Å². The lowest BCUT2D eigenvalue weighted by atomic mass is 10.0. The highest BCUT2D eigenvalue weighted by Crippen LogP contribution is 2.23. The summed E-state index contributed by atoms with van der Waals surface area (Å²) in [6, 6.07) is 1.76. The Morgan fingerprint density at radius 1 is 0.636 bits per heavy atom. The Morgan fingerprint density at radius 3 is 1.36 bits per heavy atom. The molecule has 0 atom stereocenters. The van der Waals surface area contributed by atoms with E-state index in [2.05, 4.69) is 5.32 Å². The lowest BCUT2D eigenvalue weighted by Crippen LogP contribution is -2.34. The molecule has 1 heteroatoms. The molecule has 0 saturated carbocycles. The monoisotopic (exact) mass is 153 g/mol. The average Bonchev–Trinajstić information content (AvgIpc) is 2.36. The molecular formula is C10H19N. The van der Waals surface area contributed by atoms with E-state index in [1.807, 2.05) is 0 Å². The summed E-state index contributed by atoms with van der Waals surface area (Å²) < 4.78 is 0. The van der Waals surface area contributed by atoms with Crippen molar-refractivity contribution >= 4 is 0 Å². The van der Waals surface area contributed by atoms with Gasteiger partial charge in [-0.05, 0) is 25.7 Å². The van der Waals surface area contributed by atoms with Gasteiger partial charge in [0.25, 0.3) is 0 Å². The smallest absolute Gasteiger partial charge is 0.00696 e. The largest absolute Gasteiger partial charge is 0.311 e. The molecule has 0 aromatic carbocycles. The van der Waals surface area contributed by atoms with Gasteiger partial charge in [-0.3, -0.25) is 0 Å². The maximum atomic E-state index is 3.78. The van der Waals surface area contributed by atoms with Gasteiger partial charge in [0.2, 0.25) is 0 Å². The van der Waals surface area contributed by atoms with Gasteiger partial charge >= 0.3 is 0 Å². The van der Waals surface area contributed by atoms with Crippen LogP contribution in [0, 0.1) is 0 Å². The summed E-state index contributed by atoms with van der Waals surface area (Å²) in [6.07, 6.45) is 11.6. The van der Waals surface area contributed by atoms with E-state index in [1.54, 1.807) is 0 Å². The van der Waals surface area contributed by atoms with E-state index in [9.17, 15) is 0 Å². The van der Waals surface area contributed by atoms with Crippen LogP contribution in [0.2, 0.25) is 0 Å². The highest BCUT2D eigenvalue weighted by molar-refractivity contribution is 4.81. The van der Waals surface area contributed by atoms with Crippen molar-refractivity contribution in [3.05, 3.63) is 0 Å². The zero-order valence-corrected chi connectivity index (χ0v) is 7.31. The Balaban J connectivity index is 1.96. The van der Waals surface area contributed by atoms with Crippen LogP contribution in [-0.4, -0.2) is 12.1 Å². The molecule has 0 aromatic rings. The molecule has 11 heavy (non-hydrogen) atoms. The van der Waals surface area contributed by atoms with Crippen molar-refractivity contribution in [1.82, 2.24) is 5.32 Å². The van der Waals surface area contributed by atoms with Gasteiger partial charge < -0.3 is 5.32 Å². The lowest BCUT2D eigenvalue weighted by molar-refractivity contribution is 0.435. The SMILES string of the molecule is C1CCC2CCCCC(C1)N2. The van der Waals surface area contributed by atoms with Gasteiger partial charge in [-0.2, -0.15) is 0 Å². The predicted molar refractivity (Wildman–Crippen MR) is 47.6 cm³/mol. The summed E-state index contributed by atoms with van der Waals surface area (Å²) in [5.74, 6) is 0. The van der Waals surface area contributed by atoms with E-state index in [0.717, 1.165) is 12.1 Å². The minimum Gasteiger partial charge on any atom is -0.311 e. The van der Waals surface area contributed by atoms with Crippen molar-refractivity contribution in [1.29, 1.82) is 0 Å². The first-order chi connectivity index (χ1) is 5.45. The Bertz CT molecular complexity index is 96.0. The predicted octanol–water partition coefficient (Wildman–Crippen LogP) is 2.46. The molecule has 2 saturated heterocycles. The van der Waals surface area contributed by atoms with Gasteiger partial charge in [-0.25, -0.2) is 0 Å². The van der Waals surface area contributed by atoms with Crippen molar-refractivity contribution in [3.63, 3.8) is 0 Å². The first kappa shape index (κ1) is 7.60. The molecule has 0 amide bonds. The van der Waals surface area contributed by atoms with Crippen molar-refractivity contribution in [3.8, 4) is 0 Å². The van der Waals surface area contributed by atoms with E-state index in [0.29, 0.717) is 0 Å². The summed E-state index contributed by atoms with van der Waals surface area (Å²) in [5, 5.41) is 3.78. The fourth-order valence-corrected chi connectivity index (χ4v) is 2.52. The molecule has 2 aliphatic heterocycles. The Kier molecular flexibility index (Phi) is 2.47. The van der Waals surface area contributed by atoms with Gasteiger partial charge in [0.15, 0.2) is 0 Å². The van der Waals surface area contributed by atoms with Gasteiger partial charge in [0, 0.05) is 12.1 Å². The summed E-state index contributed by atoms with van der Waals surface area (Å²) in [7, 11) is 0. The van der Waals surface area contributed by atoms with E-state index in [-0.39, 0.29) is 0 Å². The molecule has 1 nitrogen and oxygen atoms in total. The zero-order valence-electron chi connectivity index (χ0n) is 7.31. The van der Waals surface area contributed by atoms with Gasteiger partial charge in [-0.15, -0.1) is 0 Å². The van der Waals surface area contributed by atoms with E-state index >= 15 is 0 Å². The fourth-order valence-electron chi connectivity index (χ4n) is 2.52. The minimum atomic E-state index is 0.880. The van der Waals surface area contributed by atoms with Crippen LogP contribution >= 0.6 is 0 Å². The van der Waals surface area contributed by atoms with Crippen LogP contribution in [0.1, 0.15) is 51.4 Å². The molecule has 2 heterocycles. The van der Waals surface area contributed by atoms with Gasteiger partial charge in [0.1, 0.15) is 0 Å². The Hall–Kier alpha value is -0.0400. The second kappa shape index (κ2) is 3.57. The van der Waals surface area contributed by atoms with Crippen LogP contribution < -0.4 is 5.32 Å². The van der Waals surface area contributed by atoms with Gasteiger partial charge in [0.05, 0.1) is 0 Å². The molecule has 0 aliphatic carbocycles. The number of nitrogens with one attached hydrogen (secondary N) is 1. The maximum absolute atomic E-state index is 3.78. The van der Waals surface area contributed by atoms with Crippen molar-refractivity contribution in [2.45, 2.75) is 63.5 Å². The molecule has 0 aromatic heterocycles. The maximum Gasteiger partial charge on any atom is 0.00696 e. The first-order valence-electron chi connectivity index (χ1n) is 5.21. The number of fused-ring (bicyclic) bond motifs is 2. The van der Waals surface area contributed by atoms with E-state index < -0.39 is 0 Å². The standard InChI is InChI=1S/C10H19N/c1-2-6-10-8-4-3-7-9(5-1)11-10/h9-11H,1-8H2. The lowest BCUT2D eigenvalue weighted by Gasteiger charge is -2.17. The Labute approximate surface area is 69.6 Å². The van der Waals surface area contributed by atoms with E-state index in [1.165, 1.54) is 51.4 Å².